The van der Waals surface area contributed by atoms with Gasteiger partial charge in [0.05, 0.1) is 0 Å². The van der Waals surface area contributed by atoms with Crippen molar-refractivity contribution in [1.82, 2.24) is 4.98 Å². The van der Waals surface area contributed by atoms with Gasteiger partial charge in [0, 0.05) is 23.5 Å². The van der Waals surface area contributed by atoms with Gasteiger partial charge in [0.1, 0.15) is 11.6 Å². The predicted molar refractivity (Wildman–Crippen MR) is 108 cm³/mol. The van der Waals surface area contributed by atoms with E-state index in [4.69, 9.17) is 15.2 Å². The molecule has 4 fully saturated rings. The van der Waals surface area contributed by atoms with Crippen LogP contribution in [0.3, 0.4) is 0 Å². The van der Waals surface area contributed by atoms with Crippen molar-refractivity contribution >= 4 is 23.0 Å². The van der Waals surface area contributed by atoms with E-state index in [2.05, 4.69) is 4.98 Å². The van der Waals surface area contributed by atoms with Gasteiger partial charge >= 0.3 is 12.1 Å². The van der Waals surface area contributed by atoms with E-state index < -0.39 is 17.7 Å². The van der Waals surface area contributed by atoms with Crippen LogP contribution in [-0.4, -0.2) is 28.8 Å². The van der Waals surface area contributed by atoms with Crippen molar-refractivity contribution in [2.45, 2.75) is 57.1 Å². The quantitative estimate of drug-likeness (QED) is 0.603. The first-order valence-corrected chi connectivity index (χ1v) is 10.7. The second kappa shape index (κ2) is 6.87. The third kappa shape index (κ3) is 3.44. The number of ether oxygens (including phenoxy) is 2. The van der Waals surface area contributed by atoms with Gasteiger partial charge in [0.15, 0.2) is 0 Å². The number of nitrogens with two attached hydrogens (primary N) is 1. The van der Waals surface area contributed by atoms with E-state index in [1.807, 2.05) is 30.5 Å². The molecule has 4 bridgehead atoms. The van der Waals surface area contributed by atoms with E-state index in [1.54, 1.807) is 6.92 Å². The second-order valence-corrected chi connectivity index (χ2v) is 9.61. The monoisotopic (exact) mass is 396 g/mol. The van der Waals surface area contributed by atoms with Crippen LogP contribution < -0.4 is 5.73 Å². The van der Waals surface area contributed by atoms with Crippen LogP contribution in [-0.2, 0) is 20.7 Å². The molecule has 0 saturated heterocycles. The fraction of sp³-hybridized carbons (Fsp3) is 0.565. The normalized spacial score (nSPS) is 32.1. The first-order valence-electron chi connectivity index (χ1n) is 10.7. The summed E-state index contributed by atoms with van der Waals surface area (Å²) in [6.45, 7) is 1.59. The molecule has 2 aromatic rings. The maximum absolute atomic E-state index is 12.6. The number of carbonyl (C=O) groups is 2. The van der Waals surface area contributed by atoms with Crippen LogP contribution in [0.2, 0.25) is 0 Å². The van der Waals surface area contributed by atoms with Crippen molar-refractivity contribution in [3.8, 4) is 0 Å². The van der Waals surface area contributed by atoms with E-state index in [0.29, 0.717) is 11.8 Å². The Morgan fingerprint density at radius 1 is 1.10 bits per heavy atom. The summed E-state index contributed by atoms with van der Waals surface area (Å²) in [7, 11) is 0. The molecule has 0 unspecified atom stereocenters. The lowest BCUT2D eigenvalue weighted by Gasteiger charge is -2.53. The van der Waals surface area contributed by atoms with Gasteiger partial charge in [-0.05, 0) is 74.3 Å². The molecule has 1 heterocycles. The minimum absolute atomic E-state index is 0.110. The molecule has 4 saturated carbocycles. The highest BCUT2D eigenvalue weighted by atomic mass is 16.7. The summed E-state index contributed by atoms with van der Waals surface area (Å²) in [5, 5.41) is 1.01. The van der Waals surface area contributed by atoms with Gasteiger partial charge in [0.25, 0.3) is 0 Å². The third-order valence-electron chi connectivity index (χ3n) is 7.25. The Balaban J connectivity index is 1.22. The number of carbonyl (C=O) groups excluding carboxylic acids is 2. The summed E-state index contributed by atoms with van der Waals surface area (Å²) in [6.07, 6.45) is 6.97. The number of benzene rings is 1. The molecule has 6 heteroatoms. The number of rotatable bonds is 4. The highest BCUT2D eigenvalue weighted by molar-refractivity contribution is 5.90. The lowest BCUT2D eigenvalue weighted by Crippen LogP contribution is -2.51. The Hall–Kier alpha value is -2.34. The van der Waals surface area contributed by atoms with Crippen molar-refractivity contribution in [3.05, 3.63) is 36.0 Å². The molecular formula is C23H28N2O4. The predicted octanol–water partition coefficient (Wildman–Crippen LogP) is 3.93. The molecule has 1 atom stereocenters. The molecule has 0 amide bonds. The molecule has 1 aromatic carbocycles. The van der Waals surface area contributed by atoms with Crippen LogP contribution in [0.4, 0.5) is 4.79 Å². The Bertz CT molecular complexity index is 919. The maximum Gasteiger partial charge on any atom is 0.516 e. The summed E-state index contributed by atoms with van der Waals surface area (Å²) in [5.41, 5.74) is 6.81. The van der Waals surface area contributed by atoms with Crippen LogP contribution in [0, 0.1) is 23.7 Å². The topological polar surface area (TPSA) is 94.4 Å². The number of esters is 1. The smallest absolute Gasteiger partial charge is 0.430 e. The average Bonchev–Trinajstić information content (AvgIpc) is 3.06. The van der Waals surface area contributed by atoms with Gasteiger partial charge in [-0.1, -0.05) is 18.2 Å². The molecule has 29 heavy (non-hydrogen) atoms. The minimum atomic E-state index is -1.33. The lowest BCUT2D eigenvalue weighted by atomic mass is 9.55. The van der Waals surface area contributed by atoms with E-state index >= 15 is 0 Å². The maximum atomic E-state index is 12.6. The molecular weight excluding hydrogens is 368 g/mol. The van der Waals surface area contributed by atoms with Gasteiger partial charge in [-0.15, -0.1) is 0 Å². The van der Waals surface area contributed by atoms with Crippen LogP contribution in [0.5, 0.6) is 0 Å². The molecule has 4 aliphatic carbocycles. The van der Waals surface area contributed by atoms with E-state index in [9.17, 15) is 9.59 Å². The van der Waals surface area contributed by atoms with Gasteiger partial charge < -0.3 is 20.2 Å². The molecule has 1 aromatic heterocycles. The highest BCUT2D eigenvalue weighted by Crippen LogP contribution is 2.54. The molecule has 0 spiro atoms. The largest absolute Gasteiger partial charge is 0.516 e. The number of aromatic amines is 1. The fourth-order valence-corrected chi connectivity index (χ4v) is 6.14. The molecule has 6 nitrogen and oxygen atoms in total. The zero-order valence-corrected chi connectivity index (χ0v) is 16.7. The SMILES string of the molecule is C[C@](N)(Cc1c[nH]c2ccccc12)C(=O)OC(=O)OC1C2CC3CC(C2)CC1C3. The van der Waals surface area contributed by atoms with Gasteiger partial charge in [-0.2, -0.15) is 0 Å². The summed E-state index contributed by atoms with van der Waals surface area (Å²) in [6, 6.07) is 7.82. The average molecular weight is 396 g/mol. The Morgan fingerprint density at radius 3 is 2.45 bits per heavy atom. The number of nitrogens with one attached hydrogen (secondary N) is 1. The summed E-state index contributed by atoms with van der Waals surface area (Å²) in [5.74, 6) is 1.67. The summed E-state index contributed by atoms with van der Waals surface area (Å²) < 4.78 is 10.7. The summed E-state index contributed by atoms with van der Waals surface area (Å²) in [4.78, 5) is 28.2. The second-order valence-electron chi connectivity index (χ2n) is 9.61. The molecule has 154 valence electrons. The number of hydrogen-bond donors (Lipinski definition) is 2. The van der Waals surface area contributed by atoms with Gasteiger partial charge in [-0.3, -0.25) is 0 Å². The van der Waals surface area contributed by atoms with Gasteiger partial charge in [-0.25, -0.2) is 9.59 Å². The zero-order valence-electron chi connectivity index (χ0n) is 16.7. The van der Waals surface area contributed by atoms with Crippen molar-refractivity contribution in [3.63, 3.8) is 0 Å². The third-order valence-corrected chi connectivity index (χ3v) is 7.25. The summed E-state index contributed by atoms with van der Waals surface area (Å²) >= 11 is 0. The van der Waals surface area contributed by atoms with Crippen LogP contribution in [0.15, 0.2) is 30.5 Å². The first kappa shape index (κ1) is 18.7. The molecule has 4 aliphatic rings. The standard InChI is InChI=1S/C23H28N2O4/c1-23(24,11-17-12-25-19-5-3-2-4-18(17)19)21(26)29-22(27)28-20-15-7-13-6-14(9-15)10-16(20)8-13/h2-5,12-16,20,25H,6-11,24H2,1H3/t13?,14?,15?,16?,20?,23-/m0/s1. The Labute approximate surface area is 170 Å². The number of fused-ring (bicyclic) bond motifs is 1. The van der Waals surface area contributed by atoms with Crippen molar-refractivity contribution in [2.75, 3.05) is 0 Å². The van der Waals surface area contributed by atoms with E-state index in [-0.39, 0.29) is 12.5 Å². The zero-order chi connectivity index (χ0) is 20.2. The van der Waals surface area contributed by atoms with Crippen molar-refractivity contribution in [1.29, 1.82) is 0 Å². The minimum Gasteiger partial charge on any atom is -0.430 e. The number of aromatic nitrogens is 1. The highest BCUT2D eigenvalue weighted by Gasteiger charge is 2.50. The van der Waals surface area contributed by atoms with Crippen molar-refractivity contribution in [2.24, 2.45) is 29.4 Å². The van der Waals surface area contributed by atoms with Crippen LogP contribution >= 0.6 is 0 Å². The molecule has 3 N–H and O–H groups in total. The number of para-hydroxylation sites is 1. The fourth-order valence-electron chi connectivity index (χ4n) is 6.14. The molecule has 0 aliphatic heterocycles. The molecule has 6 rings (SSSR count). The first-order chi connectivity index (χ1) is 13.9. The van der Waals surface area contributed by atoms with Gasteiger partial charge in [0.2, 0.25) is 0 Å². The van der Waals surface area contributed by atoms with Crippen LogP contribution in [0.25, 0.3) is 10.9 Å². The lowest BCUT2D eigenvalue weighted by molar-refractivity contribution is -0.151. The van der Waals surface area contributed by atoms with Crippen LogP contribution in [0.1, 0.15) is 44.6 Å². The van der Waals surface area contributed by atoms with Crippen molar-refractivity contribution < 1.29 is 19.1 Å². The number of hydrogen-bond acceptors (Lipinski definition) is 5. The Morgan fingerprint density at radius 2 is 1.76 bits per heavy atom. The molecule has 0 radical (unpaired) electrons. The van der Waals surface area contributed by atoms with E-state index in [0.717, 1.165) is 54.0 Å². The number of H-pyrrole nitrogens is 1. The van der Waals surface area contributed by atoms with E-state index in [1.165, 1.54) is 6.42 Å². The Kier molecular flexibility index (Phi) is 4.42.